The minimum atomic E-state index is 0.593. The smallest absolute Gasteiger partial charge is 0.164 e. The van der Waals surface area contributed by atoms with Crippen LogP contribution < -0.4 is 0 Å². The van der Waals surface area contributed by atoms with Crippen molar-refractivity contribution in [3.8, 4) is 0 Å². The van der Waals surface area contributed by atoms with Crippen LogP contribution in [0.2, 0.25) is 0 Å². The number of nitrogens with zero attached hydrogens (tertiary/aromatic N) is 3. The van der Waals surface area contributed by atoms with E-state index in [1.807, 2.05) is 11.8 Å². The SMILES string of the molecule is CCCN(CCC)C1CC=C2N=C(N(CC)CC)SC2C1. The fourth-order valence-electron chi connectivity index (χ4n) is 3.33. The maximum absolute atomic E-state index is 4.89. The standard InChI is InChI=1S/C17H31N3S/c1-5-11-20(12-6-2)14-9-10-15-16(13-14)21-17(18-15)19(7-3)8-4/h10,14,16H,5-9,11-13H2,1-4H3. The number of amidine groups is 1. The van der Waals surface area contributed by atoms with Crippen LogP contribution in [-0.4, -0.2) is 52.4 Å². The lowest BCUT2D eigenvalue weighted by Crippen LogP contribution is -2.39. The lowest BCUT2D eigenvalue weighted by Gasteiger charge is -2.34. The summed E-state index contributed by atoms with van der Waals surface area (Å²) in [5, 5.41) is 1.84. The Kier molecular flexibility index (Phi) is 6.62. The van der Waals surface area contributed by atoms with Gasteiger partial charge in [-0.2, -0.15) is 0 Å². The van der Waals surface area contributed by atoms with Gasteiger partial charge in [-0.15, -0.1) is 0 Å². The van der Waals surface area contributed by atoms with E-state index in [0.717, 1.165) is 19.1 Å². The normalized spacial score (nSPS) is 24.8. The molecule has 2 atom stereocenters. The molecule has 0 saturated carbocycles. The molecule has 120 valence electrons. The number of hydrogen-bond donors (Lipinski definition) is 0. The fourth-order valence-corrected chi connectivity index (χ4v) is 4.74. The number of hydrogen-bond acceptors (Lipinski definition) is 4. The highest BCUT2D eigenvalue weighted by molar-refractivity contribution is 8.14. The Labute approximate surface area is 134 Å². The summed E-state index contributed by atoms with van der Waals surface area (Å²) in [4.78, 5) is 9.97. The molecule has 2 aliphatic rings. The van der Waals surface area contributed by atoms with E-state index in [2.05, 4.69) is 43.6 Å². The molecule has 1 aliphatic heterocycles. The van der Waals surface area contributed by atoms with Gasteiger partial charge in [0.25, 0.3) is 0 Å². The molecule has 4 heteroatoms. The third-order valence-electron chi connectivity index (χ3n) is 4.46. The molecule has 0 N–H and O–H groups in total. The van der Waals surface area contributed by atoms with Crippen LogP contribution in [0, 0.1) is 0 Å². The predicted molar refractivity (Wildman–Crippen MR) is 95.0 cm³/mol. The molecule has 0 amide bonds. The van der Waals surface area contributed by atoms with E-state index in [0.29, 0.717) is 5.25 Å². The molecule has 0 aromatic carbocycles. The van der Waals surface area contributed by atoms with Crippen molar-refractivity contribution in [2.24, 2.45) is 4.99 Å². The highest BCUT2D eigenvalue weighted by Gasteiger charge is 2.34. The topological polar surface area (TPSA) is 18.8 Å². The molecule has 21 heavy (non-hydrogen) atoms. The van der Waals surface area contributed by atoms with Gasteiger partial charge in [-0.3, -0.25) is 0 Å². The van der Waals surface area contributed by atoms with Crippen LogP contribution in [0.1, 0.15) is 53.4 Å². The summed E-state index contributed by atoms with van der Waals surface area (Å²) in [5.74, 6) is 0. The van der Waals surface area contributed by atoms with Crippen molar-refractivity contribution >= 4 is 16.9 Å². The Morgan fingerprint density at radius 2 is 1.81 bits per heavy atom. The van der Waals surface area contributed by atoms with Gasteiger partial charge in [0.15, 0.2) is 5.17 Å². The molecule has 0 fully saturated rings. The average Bonchev–Trinajstić information content (AvgIpc) is 2.91. The van der Waals surface area contributed by atoms with Gasteiger partial charge in [-0.25, -0.2) is 4.99 Å². The maximum Gasteiger partial charge on any atom is 0.164 e. The van der Waals surface area contributed by atoms with Crippen LogP contribution in [0.25, 0.3) is 0 Å². The van der Waals surface area contributed by atoms with Crippen molar-refractivity contribution in [1.82, 2.24) is 9.80 Å². The van der Waals surface area contributed by atoms with E-state index in [9.17, 15) is 0 Å². The van der Waals surface area contributed by atoms with E-state index in [4.69, 9.17) is 4.99 Å². The van der Waals surface area contributed by atoms with Crippen molar-refractivity contribution in [2.45, 2.75) is 64.7 Å². The number of rotatable bonds is 7. The molecule has 2 unspecified atom stereocenters. The van der Waals surface area contributed by atoms with Crippen molar-refractivity contribution in [3.63, 3.8) is 0 Å². The summed E-state index contributed by atoms with van der Waals surface area (Å²) >= 11 is 1.99. The Hall–Kier alpha value is -0.480. The summed E-state index contributed by atoms with van der Waals surface area (Å²) in [5.41, 5.74) is 1.34. The van der Waals surface area contributed by atoms with E-state index in [1.165, 1.54) is 49.6 Å². The van der Waals surface area contributed by atoms with Crippen molar-refractivity contribution in [1.29, 1.82) is 0 Å². The Morgan fingerprint density at radius 3 is 2.38 bits per heavy atom. The molecule has 0 aromatic heterocycles. The van der Waals surface area contributed by atoms with Crippen molar-refractivity contribution in [3.05, 3.63) is 11.8 Å². The largest absolute Gasteiger partial charge is 0.352 e. The zero-order valence-corrected chi connectivity index (χ0v) is 15.0. The van der Waals surface area contributed by atoms with Gasteiger partial charge in [0, 0.05) is 19.1 Å². The fraction of sp³-hybridized carbons (Fsp3) is 0.824. The van der Waals surface area contributed by atoms with E-state index in [-0.39, 0.29) is 0 Å². The highest BCUT2D eigenvalue weighted by Crippen LogP contribution is 2.39. The number of thioether (sulfide) groups is 1. The molecule has 0 radical (unpaired) electrons. The van der Waals surface area contributed by atoms with Crippen LogP contribution in [-0.2, 0) is 0 Å². The molecule has 0 spiro atoms. The summed E-state index contributed by atoms with van der Waals surface area (Å²) in [7, 11) is 0. The van der Waals surface area contributed by atoms with E-state index < -0.39 is 0 Å². The molecular formula is C17H31N3S. The summed E-state index contributed by atoms with van der Waals surface area (Å²) in [6.45, 7) is 13.6. The van der Waals surface area contributed by atoms with Crippen LogP contribution in [0.4, 0.5) is 0 Å². The van der Waals surface area contributed by atoms with Crippen molar-refractivity contribution < 1.29 is 0 Å². The molecule has 2 rings (SSSR count). The zero-order chi connectivity index (χ0) is 15.2. The van der Waals surface area contributed by atoms with Gasteiger partial charge in [-0.1, -0.05) is 31.7 Å². The van der Waals surface area contributed by atoms with Gasteiger partial charge in [0.2, 0.25) is 0 Å². The lowest BCUT2D eigenvalue weighted by molar-refractivity contribution is 0.184. The monoisotopic (exact) mass is 309 g/mol. The van der Waals surface area contributed by atoms with Crippen LogP contribution in [0.3, 0.4) is 0 Å². The van der Waals surface area contributed by atoms with Crippen LogP contribution >= 0.6 is 11.8 Å². The first-order valence-electron chi connectivity index (χ1n) is 8.67. The molecular weight excluding hydrogens is 278 g/mol. The van der Waals surface area contributed by atoms with Gasteiger partial charge < -0.3 is 9.80 Å². The molecule has 1 aliphatic carbocycles. The lowest BCUT2D eigenvalue weighted by atomic mass is 9.97. The quantitative estimate of drug-likeness (QED) is 0.709. The van der Waals surface area contributed by atoms with Crippen LogP contribution in [0.5, 0.6) is 0 Å². The third kappa shape index (κ3) is 4.04. The Bertz CT molecular complexity index is 381. The molecule has 1 heterocycles. The zero-order valence-electron chi connectivity index (χ0n) is 14.1. The van der Waals surface area contributed by atoms with Crippen LogP contribution in [0.15, 0.2) is 16.8 Å². The maximum atomic E-state index is 4.89. The molecule has 0 saturated heterocycles. The molecule has 3 nitrogen and oxygen atoms in total. The minimum absolute atomic E-state index is 0.593. The minimum Gasteiger partial charge on any atom is -0.352 e. The Morgan fingerprint density at radius 1 is 1.14 bits per heavy atom. The average molecular weight is 310 g/mol. The first kappa shape index (κ1) is 16.9. The predicted octanol–water partition coefficient (Wildman–Crippen LogP) is 3.97. The first-order valence-corrected chi connectivity index (χ1v) is 9.55. The van der Waals surface area contributed by atoms with Gasteiger partial charge >= 0.3 is 0 Å². The second kappa shape index (κ2) is 8.23. The summed E-state index contributed by atoms with van der Waals surface area (Å²) < 4.78 is 0. The number of aliphatic imine (C=N–C) groups is 1. The molecule has 0 bridgehead atoms. The van der Waals surface area contributed by atoms with Crippen molar-refractivity contribution in [2.75, 3.05) is 26.2 Å². The number of fused-ring (bicyclic) bond motifs is 1. The second-order valence-electron chi connectivity index (χ2n) is 5.96. The van der Waals surface area contributed by atoms with Gasteiger partial charge in [0.1, 0.15) is 0 Å². The van der Waals surface area contributed by atoms with E-state index >= 15 is 0 Å². The highest BCUT2D eigenvalue weighted by atomic mass is 32.2. The van der Waals surface area contributed by atoms with E-state index in [1.54, 1.807) is 0 Å². The Balaban J connectivity index is 1.99. The summed E-state index contributed by atoms with van der Waals surface area (Å²) in [6, 6.07) is 0.720. The third-order valence-corrected chi connectivity index (χ3v) is 5.74. The van der Waals surface area contributed by atoms with Gasteiger partial charge in [-0.05, 0) is 52.6 Å². The second-order valence-corrected chi connectivity index (χ2v) is 7.13. The first-order chi connectivity index (χ1) is 10.2. The molecule has 0 aromatic rings. The summed E-state index contributed by atoms with van der Waals surface area (Å²) in [6.07, 6.45) is 7.37. The van der Waals surface area contributed by atoms with Gasteiger partial charge in [0.05, 0.1) is 10.9 Å².